The molecule has 0 bridgehead atoms. The minimum Gasteiger partial charge on any atom is -0.398 e. The lowest BCUT2D eigenvalue weighted by molar-refractivity contribution is 0.734. The quantitative estimate of drug-likeness (QED) is 0.682. The molecular weight excluding hydrogens is 254 g/mol. The molecule has 17 heavy (non-hydrogen) atoms. The van der Waals surface area contributed by atoms with E-state index in [0.717, 1.165) is 22.9 Å². The molecule has 0 saturated heterocycles. The first kappa shape index (κ1) is 12.3. The number of imidazole rings is 1. The van der Waals surface area contributed by atoms with Crippen LogP contribution < -0.4 is 5.73 Å². The van der Waals surface area contributed by atoms with Crippen molar-refractivity contribution in [3.63, 3.8) is 0 Å². The Balaban J connectivity index is 2.07. The predicted molar refractivity (Wildman–Crippen MR) is 73.3 cm³/mol. The average molecular weight is 268 g/mol. The van der Waals surface area contributed by atoms with Gasteiger partial charge in [-0.05, 0) is 25.1 Å². The lowest BCUT2D eigenvalue weighted by Gasteiger charge is -2.07. The molecule has 0 radical (unpaired) electrons. The second-order valence-electron chi connectivity index (χ2n) is 3.64. The zero-order chi connectivity index (χ0) is 12.3. The van der Waals surface area contributed by atoms with Crippen LogP contribution in [0.2, 0.25) is 5.02 Å². The third-order valence-corrected chi connectivity index (χ3v) is 3.84. The predicted octanol–water partition coefficient (Wildman–Crippen LogP) is 3.43. The molecule has 90 valence electrons. The van der Waals surface area contributed by atoms with E-state index in [0.29, 0.717) is 5.02 Å². The van der Waals surface area contributed by atoms with Gasteiger partial charge in [0, 0.05) is 39.8 Å². The van der Waals surface area contributed by atoms with Crippen LogP contribution in [-0.4, -0.2) is 9.55 Å². The van der Waals surface area contributed by atoms with Gasteiger partial charge in [-0.3, -0.25) is 0 Å². The average Bonchev–Trinajstić information content (AvgIpc) is 2.75. The summed E-state index contributed by atoms with van der Waals surface area (Å²) in [7, 11) is 0. The summed E-state index contributed by atoms with van der Waals surface area (Å²) in [5.41, 5.74) is 7.83. The van der Waals surface area contributed by atoms with E-state index < -0.39 is 0 Å². The van der Waals surface area contributed by atoms with Crippen molar-refractivity contribution < 1.29 is 0 Å². The molecule has 0 amide bonds. The molecular formula is C12H14ClN3S. The number of aryl methyl sites for hydroxylation is 1. The number of nitrogen functional groups attached to an aromatic ring is 1. The third kappa shape index (κ3) is 2.96. The zero-order valence-corrected chi connectivity index (χ0v) is 11.1. The number of hydrogen-bond acceptors (Lipinski definition) is 3. The van der Waals surface area contributed by atoms with Gasteiger partial charge in [0.05, 0.1) is 6.33 Å². The van der Waals surface area contributed by atoms with Crippen LogP contribution in [0.4, 0.5) is 5.69 Å². The van der Waals surface area contributed by atoms with Gasteiger partial charge in [0.1, 0.15) is 0 Å². The highest BCUT2D eigenvalue weighted by Gasteiger charge is 2.04. The van der Waals surface area contributed by atoms with Crippen LogP contribution in [-0.2, 0) is 12.3 Å². The fraction of sp³-hybridized carbons (Fsp3) is 0.250. The Hall–Kier alpha value is -1.13. The van der Waals surface area contributed by atoms with Gasteiger partial charge in [-0.15, -0.1) is 11.8 Å². The number of hydrogen-bond donors (Lipinski definition) is 1. The number of benzene rings is 1. The molecule has 2 N–H and O–H groups in total. The molecule has 3 nitrogen and oxygen atoms in total. The van der Waals surface area contributed by atoms with Crippen molar-refractivity contribution in [2.75, 3.05) is 5.73 Å². The molecule has 2 aromatic rings. The first-order valence-electron chi connectivity index (χ1n) is 5.37. The minimum atomic E-state index is 0.672. The highest BCUT2D eigenvalue weighted by atomic mass is 35.5. The molecule has 1 heterocycles. The van der Waals surface area contributed by atoms with Gasteiger partial charge >= 0.3 is 0 Å². The Morgan fingerprint density at radius 3 is 3.00 bits per heavy atom. The van der Waals surface area contributed by atoms with Gasteiger partial charge in [0.2, 0.25) is 0 Å². The van der Waals surface area contributed by atoms with E-state index in [4.69, 9.17) is 17.3 Å². The number of aromatic nitrogens is 2. The summed E-state index contributed by atoms with van der Waals surface area (Å²) in [5.74, 6) is 0.861. The summed E-state index contributed by atoms with van der Waals surface area (Å²) < 4.78 is 2.12. The Bertz CT molecular complexity index is 510. The fourth-order valence-corrected chi connectivity index (χ4v) is 2.67. The maximum atomic E-state index is 5.90. The van der Waals surface area contributed by atoms with Crippen molar-refractivity contribution in [2.24, 2.45) is 0 Å². The van der Waals surface area contributed by atoms with E-state index in [-0.39, 0.29) is 0 Å². The zero-order valence-electron chi connectivity index (χ0n) is 9.56. The van der Waals surface area contributed by atoms with Crippen LogP contribution in [0.15, 0.2) is 35.6 Å². The lowest BCUT2D eigenvalue weighted by atomic mass is 10.3. The third-order valence-electron chi connectivity index (χ3n) is 2.49. The van der Waals surface area contributed by atoms with Crippen LogP contribution in [0.5, 0.6) is 0 Å². The summed E-state index contributed by atoms with van der Waals surface area (Å²) in [6, 6.07) is 5.59. The minimum absolute atomic E-state index is 0.672. The van der Waals surface area contributed by atoms with Crippen molar-refractivity contribution in [1.82, 2.24) is 9.55 Å². The molecule has 0 saturated carbocycles. The molecule has 5 heteroatoms. The van der Waals surface area contributed by atoms with Crippen LogP contribution in [0.3, 0.4) is 0 Å². The molecule has 0 atom stereocenters. The Labute approximate surface area is 110 Å². The number of halogens is 1. The summed E-state index contributed by atoms with van der Waals surface area (Å²) in [6.07, 6.45) is 3.74. The molecule has 1 aromatic heterocycles. The summed E-state index contributed by atoms with van der Waals surface area (Å²) >= 11 is 7.56. The van der Waals surface area contributed by atoms with Crippen LogP contribution in [0.1, 0.15) is 12.6 Å². The van der Waals surface area contributed by atoms with Gasteiger partial charge < -0.3 is 10.3 Å². The molecule has 0 aliphatic carbocycles. The molecule has 2 rings (SSSR count). The van der Waals surface area contributed by atoms with Crippen molar-refractivity contribution in [2.45, 2.75) is 24.1 Å². The van der Waals surface area contributed by atoms with E-state index in [1.807, 2.05) is 24.7 Å². The van der Waals surface area contributed by atoms with Gasteiger partial charge in [-0.2, -0.15) is 0 Å². The van der Waals surface area contributed by atoms with Crippen LogP contribution in [0, 0.1) is 0 Å². The summed E-state index contributed by atoms with van der Waals surface area (Å²) in [5, 5.41) is 0.672. The van der Waals surface area contributed by atoms with Gasteiger partial charge in [0.15, 0.2) is 0 Å². The van der Waals surface area contributed by atoms with E-state index in [1.54, 1.807) is 17.8 Å². The maximum Gasteiger partial charge on any atom is 0.0948 e. The second-order valence-corrected chi connectivity index (χ2v) is 5.10. The smallest absolute Gasteiger partial charge is 0.0948 e. The molecule has 0 spiro atoms. The highest BCUT2D eigenvalue weighted by molar-refractivity contribution is 7.98. The van der Waals surface area contributed by atoms with Crippen molar-refractivity contribution in [1.29, 1.82) is 0 Å². The van der Waals surface area contributed by atoms with Gasteiger partial charge in [-0.25, -0.2) is 4.98 Å². The van der Waals surface area contributed by atoms with E-state index in [1.165, 1.54) is 5.69 Å². The number of anilines is 1. The molecule has 0 aliphatic heterocycles. The summed E-state index contributed by atoms with van der Waals surface area (Å²) in [6.45, 7) is 3.04. The van der Waals surface area contributed by atoms with E-state index in [9.17, 15) is 0 Å². The largest absolute Gasteiger partial charge is 0.398 e. The first-order valence-corrected chi connectivity index (χ1v) is 6.74. The topological polar surface area (TPSA) is 43.8 Å². The maximum absolute atomic E-state index is 5.90. The number of thioether (sulfide) groups is 1. The first-order chi connectivity index (χ1) is 8.20. The Kier molecular flexibility index (Phi) is 3.97. The van der Waals surface area contributed by atoms with Crippen LogP contribution >= 0.6 is 23.4 Å². The molecule has 0 aliphatic rings. The molecule has 0 unspecified atom stereocenters. The number of rotatable bonds is 4. The Morgan fingerprint density at radius 2 is 2.29 bits per heavy atom. The molecule has 1 aromatic carbocycles. The summed E-state index contributed by atoms with van der Waals surface area (Å²) in [4.78, 5) is 5.19. The van der Waals surface area contributed by atoms with Crippen molar-refractivity contribution in [3.05, 3.63) is 41.4 Å². The van der Waals surface area contributed by atoms with Crippen molar-refractivity contribution in [3.8, 4) is 0 Å². The van der Waals surface area contributed by atoms with Crippen LogP contribution in [0.25, 0.3) is 0 Å². The normalized spacial score (nSPS) is 10.7. The monoisotopic (exact) mass is 267 g/mol. The lowest BCUT2D eigenvalue weighted by Crippen LogP contribution is -1.97. The standard InChI is InChI=1S/C12H14ClN3S/c1-2-16-8-15-6-10(16)7-17-12-4-3-9(13)5-11(12)14/h3-6,8H,2,7,14H2,1H3. The van der Waals surface area contributed by atoms with Gasteiger partial charge in [0.25, 0.3) is 0 Å². The van der Waals surface area contributed by atoms with E-state index >= 15 is 0 Å². The Morgan fingerprint density at radius 1 is 1.47 bits per heavy atom. The van der Waals surface area contributed by atoms with Crippen molar-refractivity contribution >= 4 is 29.1 Å². The molecule has 0 fully saturated rings. The second kappa shape index (κ2) is 5.47. The number of nitrogens with zero attached hydrogens (tertiary/aromatic N) is 2. The van der Waals surface area contributed by atoms with Gasteiger partial charge in [-0.1, -0.05) is 11.6 Å². The number of nitrogens with two attached hydrogens (primary N) is 1. The SMILES string of the molecule is CCn1cncc1CSc1ccc(Cl)cc1N. The van der Waals surface area contributed by atoms with E-state index in [2.05, 4.69) is 16.5 Å². The highest BCUT2D eigenvalue weighted by Crippen LogP contribution is 2.29. The fourth-order valence-electron chi connectivity index (χ4n) is 1.56.